The Labute approximate surface area is 125 Å². The van der Waals surface area contributed by atoms with E-state index in [4.69, 9.17) is 5.11 Å². The second kappa shape index (κ2) is 10.9. The Morgan fingerprint density at radius 2 is 1.65 bits per heavy atom. The Hall–Kier alpha value is -0.820. The number of aliphatic hydroxyl groups is 1. The van der Waals surface area contributed by atoms with E-state index in [1.54, 1.807) is 0 Å². The highest BCUT2D eigenvalue weighted by Crippen LogP contribution is 2.37. The highest BCUT2D eigenvalue weighted by Gasteiger charge is 2.24. The molecule has 0 spiro atoms. The molecule has 20 heavy (non-hydrogen) atoms. The molecule has 0 amide bonds. The van der Waals surface area contributed by atoms with Gasteiger partial charge in [0.05, 0.1) is 0 Å². The molecule has 0 bridgehead atoms. The van der Waals surface area contributed by atoms with Gasteiger partial charge in [-0.2, -0.15) is 0 Å². The summed E-state index contributed by atoms with van der Waals surface area (Å²) in [6, 6.07) is 10.9. The first-order chi connectivity index (χ1) is 9.90. The molecule has 1 N–H and O–H groups in total. The van der Waals surface area contributed by atoms with E-state index in [0.29, 0.717) is 0 Å². The lowest BCUT2D eigenvalue weighted by Crippen LogP contribution is -2.06. The monoisotopic (exact) mass is 276 g/mol. The molecule has 1 aliphatic carbocycles. The molecule has 0 unspecified atom stereocenters. The molecule has 1 aromatic rings. The van der Waals surface area contributed by atoms with Crippen molar-refractivity contribution < 1.29 is 5.11 Å². The molecule has 114 valence electrons. The summed E-state index contributed by atoms with van der Waals surface area (Å²) in [5, 5.41) is 7.00. The van der Waals surface area contributed by atoms with Gasteiger partial charge in [-0.3, -0.25) is 0 Å². The highest BCUT2D eigenvalue weighted by atomic mass is 16.2. The van der Waals surface area contributed by atoms with Crippen LogP contribution in [-0.4, -0.2) is 12.2 Å². The SMILES string of the molecule is CC[C@H]1CCC[C@@H]1CCCCCc1ccccc1.CO. The van der Waals surface area contributed by atoms with Crippen LogP contribution < -0.4 is 0 Å². The van der Waals surface area contributed by atoms with Gasteiger partial charge in [0.1, 0.15) is 0 Å². The topological polar surface area (TPSA) is 20.2 Å². The second-order valence-corrected chi connectivity index (χ2v) is 5.94. The minimum Gasteiger partial charge on any atom is -0.400 e. The summed E-state index contributed by atoms with van der Waals surface area (Å²) in [5.41, 5.74) is 1.50. The maximum absolute atomic E-state index is 7.00. The summed E-state index contributed by atoms with van der Waals surface area (Å²) in [7, 11) is 1.00. The van der Waals surface area contributed by atoms with Gasteiger partial charge in [-0.15, -0.1) is 0 Å². The first-order valence-electron chi connectivity index (χ1n) is 8.38. The number of benzene rings is 1. The maximum Gasteiger partial charge on any atom is 0.0319 e. The Balaban J connectivity index is 0.000000956. The van der Waals surface area contributed by atoms with E-state index in [1.165, 1.54) is 63.4 Å². The van der Waals surface area contributed by atoms with Crippen LogP contribution in [0.25, 0.3) is 0 Å². The van der Waals surface area contributed by atoms with Crippen LogP contribution in [0.15, 0.2) is 30.3 Å². The molecule has 0 radical (unpaired) electrons. The molecule has 2 atom stereocenters. The minimum atomic E-state index is 1.00. The van der Waals surface area contributed by atoms with Crippen LogP contribution in [0.1, 0.15) is 63.9 Å². The predicted octanol–water partition coefficient (Wildman–Crippen LogP) is 5.22. The normalized spacial score (nSPS) is 21.4. The van der Waals surface area contributed by atoms with Crippen molar-refractivity contribution in [1.29, 1.82) is 0 Å². The van der Waals surface area contributed by atoms with Gasteiger partial charge in [0, 0.05) is 7.11 Å². The second-order valence-electron chi connectivity index (χ2n) is 5.94. The molecule has 0 heterocycles. The summed E-state index contributed by atoms with van der Waals surface area (Å²) in [6.45, 7) is 2.37. The van der Waals surface area contributed by atoms with Crippen LogP contribution in [-0.2, 0) is 6.42 Å². The third-order valence-electron chi connectivity index (χ3n) is 4.72. The average molecular weight is 276 g/mol. The van der Waals surface area contributed by atoms with Crippen molar-refractivity contribution in [3.8, 4) is 0 Å². The lowest BCUT2D eigenvalue weighted by atomic mass is 9.89. The fraction of sp³-hybridized carbons (Fsp3) is 0.684. The van der Waals surface area contributed by atoms with Gasteiger partial charge in [0.15, 0.2) is 0 Å². The van der Waals surface area contributed by atoms with Gasteiger partial charge in [-0.25, -0.2) is 0 Å². The molecule has 0 saturated heterocycles. The molecular weight excluding hydrogens is 244 g/mol. The third kappa shape index (κ3) is 6.09. The minimum absolute atomic E-state index is 1.00. The van der Waals surface area contributed by atoms with E-state index >= 15 is 0 Å². The number of aryl methyl sites for hydroxylation is 1. The van der Waals surface area contributed by atoms with Gasteiger partial charge in [-0.05, 0) is 30.2 Å². The fourth-order valence-corrected chi connectivity index (χ4v) is 3.59. The van der Waals surface area contributed by atoms with Gasteiger partial charge < -0.3 is 5.11 Å². The van der Waals surface area contributed by atoms with Crippen LogP contribution in [0.2, 0.25) is 0 Å². The number of aliphatic hydroxyl groups excluding tert-OH is 1. The van der Waals surface area contributed by atoms with Crippen molar-refractivity contribution in [2.45, 2.75) is 64.7 Å². The van der Waals surface area contributed by atoms with E-state index < -0.39 is 0 Å². The fourth-order valence-electron chi connectivity index (χ4n) is 3.59. The molecule has 1 aromatic carbocycles. The van der Waals surface area contributed by atoms with E-state index in [2.05, 4.69) is 37.3 Å². The molecule has 1 aliphatic rings. The highest BCUT2D eigenvalue weighted by molar-refractivity contribution is 5.14. The predicted molar refractivity (Wildman–Crippen MR) is 87.9 cm³/mol. The summed E-state index contributed by atoms with van der Waals surface area (Å²) in [6.07, 6.45) is 12.9. The van der Waals surface area contributed by atoms with Crippen LogP contribution in [0.5, 0.6) is 0 Å². The number of hydrogen-bond acceptors (Lipinski definition) is 1. The Kier molecular flexibility index (Phi) is 9.40. The first-order valence-corrected chi connectivity index (χ1v) is 8.38. The van der Waals surface area contributed by atoms with Crippen LogP contribution in [0.4, 0.5) is 0 Å². The van der Waals surface area contributed by atoms with Crippen molar-refractivity contribution in [3.05, 3.63) is 35.9 Å². The van der Waals surface area contributed by atoms with Crippen LogP contribution in [0, 0.1) is 11.8 Å². The zero-order valence-corrected chi connectivity index (χ0v) is 13.4. The first kappa shape index (κ1) is 17.2. The van der Waals surface area contributed by atoms with Gasteiger partial charge >= 0.3 is 0 Å². The zero-order valence-electron chi connectivity index (χ0n) is 13.4. The van der Waals surface area contributed by atoms with E-state index in [1.807, 2.05) is 0 Å². The zero-order chi connectivity index (χ0) is 14.6. The molecule has 1 heteroatoms. The Morgan fingerprint density at radius 1 is 0.950 bits per heavy atom. The van der Waals surface area contributed by atoms with Crippen molar-refractivity contribution in [2.75, 3.05) is 7.11 Å². The smallest absolute Gasteiger partial charge is 0.0319 e. The summed E-state index contributed by atoms with van der Waals surface area (Å²) >= 11 is 0. The largest absolute Gasteiger partial charge is 0.400 e. The lowest BCUT2D eigenvalue weighted by molar-refractivity contribution is 0.343. The molecule has 1 fully saturated rings. The average Bonchev–Trinajstić information content (AvgIpc) is 2.97. The summed E-state index contributed by atoms with van der Waals surface area (Å²) in [5.74, 6) is 2.12. The molecular formula is C19H32O. The number of rotatable bonds is 7. The van der Waals surface area contributed by atoms with E-state index in [9.17, 15) is 0 Å². The van der Waals surface area contributed by atoms with Crippen LogP contribution in [0.3, 0.4) is 0 Å². The van der Waals surface area contributed by atoms with E-state index in [-0.39, 0.29) is 0 Å². The molecule has 1 saturated carbocycles. The Bertz CT molecular complexity index is 320. The van der Waals surface area contributed by atoms with Crippen molar-refractivity contribution in [3.63, 3.8) is 0 Å². The summed E-state index contributed by atoms with van der Waals surface area (Å²) < 4.78 is 0. The quantitative estimate of drug-likeness (QED) is 0.677. The van der Waals surface area contributed by atoms with Crippen LogP contribution >= 0.6 is 0 Å². The lowest BCUT2D eigenvalue weighted by Gasteiger charge is -2.17. The van der Waals surface area contributed by atoms with Gasteiger partial charge in [0.25, 0.3) is 0 Å². The van der Waals surface area contributed by atoms with Crippen molar-refractivity contribution in [2.24, 2.45) is 11.8 Å². The Morgan fingerprint density at radius 3 is 2.35 bits per heavy atom. The van der Waals surface area contributed by atoms with Gasteiger partial charge in [0.2, 0.25) is 0 Å². The van der Waals surface area contributed by atoms with Crippen molar-refractivity contribution >= 4 is 0 Å². The standard InChI is InChI=1S/C18H28.CH4O/c1-2-17-14-9-15-18(17)13-8-4-7-12-16-10-5-3-6-11-16;1-2/h3,5-6,10-11,17-18H,2,4,7-9,12-15H2,1H3;2H,1H3/t17-,18-;/m0./s1. The number of hydrogen-bond donors (Lipinski definition) is 1. The number of unbranched alkanes of at least 4 members (excludes halogenated alkanes) is 2. The molecule has 1 nitrogen and oxygen atoms in total. The molecule has 0 aliphatic heterocycles. The molecule has 0 aromatic heterocycles. The van der Waals surface area contributed by atoms with Gasteiger partial charge in [-0.1, -0.05) is 82.2 Å². The van der Waals surface area contributed by atoms with Crippen molar-refractivity contribution in [1.82, 2.24) is 0 Å². The maximum atomic E-state index is 7.00. The third-order valence-corrected chi connectivity index (χ3v) is 4.72. The summed E-state index contributed by atoms with van der Waals surface area (Å²) in [4.78, 5) is 0. The van der Waals surface area contributed by atoms with E-state index in [0.717, 1.165) is 18.9 Å². The molecule has 2 rings (SSSR count).